The number of esters is 1. The van der Waals surface area contributed by atoms with Gasteiger partial charge in [-0.15, -0.1) is 0 Å². The standard InChI is InChI=1S/C27H34N2O5/c1-17-21(16-18-7-4-3-5-8-18)20(15-19-11-12-19)9-6-10-22(27(32)34-17)29-26(31)24-25(30)23(33-2)13-14-28-24/h3-5,7-8,13-14,17,19-22,30H,6,9-12,15-16H2,1-2H3,(H,29,31)/t17-,20+,21-,22-/m0/s1. The Morgan fingerprint density at radius 2 is 1.94 bits per heavy atom. The summed E-state index contributed by atoms with van der Waals surface area (Å²) in [5, 5.41) is 13.0. The number of ether oxygens (including phenoxy) is 2. The number of nitrogens with zero attached hydrogens (tertiary/aromatic N) is 1. The molecule has 1 aliphatic carbocycles. The van der Waals surface area contributed by atoms with Gasteiger partial charge in [-0.25, -0.2) is 9.78 Å². The fraction of sp³-hybridized carbons (Fsp3) is 0.519. The molecule has 2 aromatic rings. The van der Waals surface area contributed by atoms with Gasteiger partial charge in [-0.2, -0.15) is 0 Å². The van der Waals surface area contributed by atoms with Crippen molar-refractivity contribution in [1.82, 2.24) is 10.3 Å². The van der Waals surface area contributed by atoms with Gasteiger partial charge in [0.2, 0.25) is 0 Å². The maximum absolute atomic E-state index is 13.1. The van der Waals surface area contributed by atoms with E-state index >= 15 is 0 Å². The summed E-state index contributed by atoms with van der Waals surface area (Å²) in [6.45, 7) is 1.98. The van der Waals surface area contributed by atoms with Gasteiger partial charge in [0.15, 0.2) is 17.2 Å². The topological polar surface area (TPSA) is 97.8 Å². The van der Waals surface area contributed by atoms with Crippen LogP contribution in [0.2, 0.25) is 0 Å². The van der Waals surface area contributed by atoms with Crippen LogP contribution in [-0.2, 0) is 16.0 Å². The van der Waals surface area contributed by atoms with Crippen LogP contribution in [0.1, 0.15) is 61.5 Å². The fourth-order valence-electron chi connectivity index (χ4n) is 5.07. The average Bonchev–Trinajstić information content (AvgIpc) is 3.65. The predicted octanol–water partition coefficient (Wildman–Crippen LogP) is 4.29. The fourth-order valence-corrected chi connectivity index (χ4v) is 5.07. The van der Waals surface area contributed by atoms with E-state index in [0.29, 0.717) is 12.3 Å². The third-order valence-corrected chi connectivity index (χ3v) is 7.14. The number of benzene rings is 1. The lowest BCUT2D eigenvalue weighted by Gasteiger charge is -2.31. The molecule has 4 atom stereocenters. The van der Waals surface area contributed by atoms with E-state index in [2.05, 4.69) is 22.4 Å². The van der Waals surface area contributed by atoms with Crippen molar-refractivity contribution in [1.29, 1.82) is 0 Å². The SMILES string of the molecule is COc1ccnc(C(=O)N[C@H]2CCC[C@H](CC3CC3)[C@@H](Cc3ccccc3)[C@H](C)OC2=O)c1O. The van der Waals surface area contributed by atoms with Gasteiger partial charge in [0, 0.05) is 18.2 Å². The van der Waals surface area contributed by atoms with Crippen LogP contribution in [0.4, 0.5) is 0 Å². The van der Waals surface area contributed by atoms with E-state index in [1.54, 1.807) is 0 Å². The van der Waals surface area contributed by atoms with Crippen molar-refractivity contribution >= 4 is 11.9 Å². The van der Waals surface area contributed by atoms with Crippen molar-refractivity contribution in [2.45, 2.75) is 64.0 Å². The zero-order valence-corrected chi connectivity index (χ0v) is 19.9. The van der Waals surface area contributed by atoms with Crippen molar-refractivity contribution < 1.29 is 24.2 Å². The second kappa shape index (κ2) is 10.9. The van der Waals surface area contributed by atoms with Gasteiger partial charge >= 0.3 is 5.97 Å². The lowest BCUT2D eigenvalue weighted by molar-refractivity contribution is -0.153. The van der Waals surface area contributed by atoms with Gasteiger partial charge in [-0.05, 0) is 50.0 Å². The van der Waals surface area contributed by atoms with Crippen molar-refractivity contribution in [3.63, 3.8) is 0 Å². The Kier molecular flexibility index (Phi) is 7.70. The Morgan fingerprint density at radius 1 is 1.18 bits per heavy atom. The van der Waals surface area contributed by atoms with Crippen LogP contribution in [-0.4, -0.2) is 41.2 Å². The van der Waals surface area contributed by atoms with Crippen LogP contribution in [0.15, 0.2) is 42.6 Å². The molecule has 2 N–H and O–H groups in total. The monoisotopic (exact) mass is 466 g/mol. The highest BCUT2D eigenvalue weighted by Gasteiger charge is 2.37. The molecule has 2 heterocycles. The van der Waals surface area contributed by atoms with Gasteiger partial charge in [0.1, 0.15) is 12.1 Å². The van der Waals surface area contributed by atoms with E-state index in [1.165, 1.54) is 37.8 Å². The number of hydrogen-bond acceptors (Lipinski definition) is 6. The van der Waals surface area contributed by atoms with E-state index < -0.39 is 17.9 Å². The molecule has 0 spiro atoms. The Labute approximate surface area is 200 Å². The number of rotatable bonds is 7. The Hall–Kier alpha value is -3.09. The number of methoxy groups -OCH3 is 1. The summed E-state index contributed by atoms with van der Waals surface area (Å²) < 4.78 is 11.0. The number of cyclic esters (lactones) is 1. The van der Waals surface area contributed by atoms with Crippen molar-refractivity contribution in [2.75, 3.05) is 7.11 Å². The minimum Gasteiger partial charge on any atom is -0.503 e. The van der Waals surface area contributed by atoms with E-state index in [4.69, 9.17) is 9.47 Å². The first-order valence-corrected chi connectivity index (χ1v) is 12.2. The zero-order chi connectivity index (χ0) is 24.1. The van der Waals surface area contributed by atoms with Gasteiger partial charge in [0.05, 0.1) is 7.11 Å². The molecule has 0 unspecified atom stereocenters. The number of amides is 1. The van der Waals surface area contributed by atoms with Crippen molar-refractivity contribution in [3.8, 4) is 11.5 Å². The quantitative estimate of drug-likeness (QED) is 0.591. The third-order valence-electron chi connectivity index (χ3n) is 7.14. The van der Waals surface area contributed by atoms with Crippen LogP contribution in [0.25, 0.3) is 0 Å². The van der Waals surface area contributed by atoms with Crippen molar-refractivity contribution in [2.24, 2.45) is 17.8 Å². The number of carbonyl (C=O) groups excluding carboxylic acids is 2. The van der Waals surface area contributed by atoms with Crippen LogP contribution in [0.5, 0.6) is 11.5 Å². The maximum atomic E-state index is 13.1. The van der Waals surface area contributed by atoms with Crippen LogP contribution in [0.3, 0.4) is 0 Å². The summed E-state index contributed by atoms with van der Waals surface area (Å²) in [4.78, 5) is 29.9. The normalized spacial score (nSPS) is 25.4. The van der Waals surface area contributed by atoms with Crippen LogP contribution < -0.4 is 10.1 Å². The summed E-state index contributed by atoms with van der Waals surface area (Å²) in [5.74, 6) is 0.218. The largest absolute Gasteiger partial charge is 0.503 e. The molecule has 7 nitrogen and oxygen atoms in total. The molecular formula is C27H34N2O5. The second-order valence-corrected chi connectivity index (χ2v) is 9.60. The Bertz CT molecular complexity index is 992. The lowest BCUT2D eigenvalue weighted by atomic mass is 9.77. The Balaban J connectivity index is 1.50. The van der Waals surface area contributed by atoms with Gasteiger partial charge in [0.25, 0.3) is 5.91 Å². The molecule has 2 fully saturated rings. The number of aromatic hydroxyl groups is 1. The predicted molar refractivity (Wildman–Crippen MR) is 128 cm³/mol. The first-order valence-electron chi connectivity index (χ1n) is 12.2. The van der Waals surface area contributed by atoms with E-state index in [9.17, 15) is 14.7 Å². The maximum Gasteiger partial charge on any atom is 0.328 e. The van der Waals surface area contributed by atoms with Crippen LogP contribution in [0, 0.1) is 17.8 Å². The summed E-state index contributed by atoms with van der Waals surface area (Å²) in [5.41, 5.74) is 1.08. The zero-order valence-electron chi connectivity index (χ0n) is 19.9. The second-order valence-electron chi connectivity index (χ2n) is 9.60. The number of hydrogen-bond donors (Lipinski definition) is 2. The number of pyridine rings is 1. The first-order chi connectivity index (χ1) is 16.5. The van der Waals surface area contributed by atoms with E-state index in [0.717, 1.165) is 31.6 Å². The minimum absolute atomic E-state index is 0.150. The molecule has 1 saturated heterocycles. The highest BCUT2D eigenvalue weighted by atomic mass is 16.5. The molecular weight excluding hydrogens is 432 g/mol. The summed E-state index contributed by atoms with van der Waals surface area (Å²) in [7, 11) is 1.40. The van der Waals surface area contributed by atoms with Crippen molar-refractivity contribution in [3.05, 3.63) is 53.9 Å². The molecule has 2 aliphatic rings. The highest BCUT2D eigenvalue weighted by Crippen LogP contribution is 2.41. The van der Waals surface area contributed by atoms with E-state index in [1.807, 2.05) is 25.1 Å². The molecule has 4 rings (SSSR count). The molecule has 0 bridgehead atoms. The summed E-state index contributed by atoms with van der Waals surface area (Å²) in [6, 6.07) is 11.0. The van der Waals surface area contributed by atoms with E-state index in [-0.39, 0.29) is 29.2 Å². The number of nitrogens with one attached hydrogen (secondary N) is 1. The molecule has 182 valence electrons. The number of aromatic nitrogens is 1. The third kappa shape index (κ3) is 5.88. The average molecular weight is 467 g/mol. The highest BCUT2D eigenvalue weighted by molar-refractivity contribution is 5.97. The first kappa shape index (κ1) is 24.0. The van der Waals surface area contributed by atoms with Gasteiger partial charge in [-0.1, -0.05) is 49.6 Å². The molecule has 1 amide bonds. The summed E-state index contributed by atoms with van der Waals surface area (Å²) >= 11 is 0. The Morgan fingerprint density at radius 3 is 2.65 bits per heavy atom. The van der Waals surface area contributed by atoms with Gasteiger partial charge in [-0.3, -0.25) is 4.79 Å². The molecule has 34 heavy (non-hydrogen) atoms. The molecule has 7 heteroatoms. The number of carbonyl (C=O) groups is 2. The molecule has 1 saturated carbocycles. The van der Waals surface area contributed by atoms with Gasteiger partial charge < -0.3 is 19.9 Å². The summed E-state index contributed by atoms with van der Waals surface area (Å²) in [6.07, 6.45) is 8.02. The molecule has 1 aliphatic heterocycles. The minimum atomic E-state index is -0.792. The molecule has 0 radical (unpaired) electrons. The smallest absolute Gasteiger partial charge is 0.328 e. The lowest BCUT2D eigenvalue weighted by Crippen LogP contribution is -2.43. The van der Waals surface area contributed by atoms with Crippen LogP contribution >= 0.6 is 0 Å². The molecule has 1 aromatic heterocycles. The molecule has 1 aromatic carbocycles.